The van der Waals surface area contributed by atoms with Crippen LogP contribution < -0.4 is 10.2 Å². The molecule has 6 nitrogen and oxygen atoms in total. The second kappa shape index (κ2) is 8.12. The maximum absolute atomic E-state index is 13.5. The Labute approximate surface area is 200 Å². The summed E-state index contributed by atoms with van der Waals surface area (Å²) in [5.41, 5.74) is 2.04. The largest absolute Gasteiger partial charge is 0.416 e. The van der Waals surface area contributed by atoms with Crippen molar-refractivity contribution in [3.8, 4) is 0 Å². The summed E-state index contributed by atoms with van der Waals surface area (Å²) in [6.45, 7) is 6.92. The molecule has 0 spiro atoms. The van der Waals surface area contributed by atoms with Crippen molar-refractivity contribution in [2.75, 3.05) is 36.5 Å². The molecule has 0 aliphatic carbocycles. The lowest BCUT2D eigenvalue weighted by molar-refractivity contribution is -0.138. The third-order valence-electron chi connectivity index (χ3n) is 7.43. The molecular weight excluding hydrogens is 455 g/mol. The van der Waals surface area contributed by atoms with E-state index in [0.717, 1.165) is 54.5 Å². The van der Waals surface area contributed by atoms with Crippen molar-refractivity contribution < 1.29 is 17.9 Å². The predicted molar refractivity (Wildman–Crippen MR) is 129 cm³/mol. The Bertz CT molecular complexity index is 1400. The van der Waals surface area contributed by atoms with Crippen LogP contribution in [0.1, 0.15) is 29.7 Å². The van der Waals surface area contributed by atoms with Gasteiger partial charge in [-0.05, 0) is 49.2 Å². The minimum absolute atomic E-state index is 0.222. The highest BCUT2D eigenvalue weighted by atomic mass is 19.4. The molecule has 4 aromatic rings. The van der Waals surface area contributed by atoms with E-state index in [9.17, 15) is 13.2 Å². The Balaban J connectivity index is 1.40. The molecule has 0 amide bonds. The Morgan fingerprint density at radius 3 is 2.60 bits per heavy atom. The number of nitrogens with zero attached hydrogens (tertiary/aromatic N) is 4. The van der Waals surface area contributed by atoms with Crippen molar-refractivity contribution >= 4 is 27.9 Å². The molecule has 1 N–H and O–H groups in total. The molecule has 2 aliphatic heterocycles. The fourth-order valence-corrected chi connectivity index (χ4v) is 5.57. The number of hydrogen-bond donors (Lipinski definition) is 1. The van der Waals surface area contributed by atoms with E-state index < -0.39 is 11.7 Å². The number of hydrogen-bond acceptors (Lipinski definition) is 5. The average Bonchev–Trinajstić information content (AvgIpc) is 3.54. The van der Waals surface area contributed by atoms with Crippen LogP contribution in [0.3, 0.4) is 0 Å². The molecule has 6 rings (SSSR count). The molecule has 4 heterocycles. The number of ether oxygens (including phenoxy) is 1. The second-order valence-electron chi connectivity index (χ2n) is 9.62. The molecule has 35 heavy (non-hydrogen) atoms. The van der Waals surface area contributed by atoms with Crippen molar-refractivity contribution in [1.29, 1.82) is 0 Å². The zero-order valence-electron chi connectivity index (χ0n) is 19.5. The average molecular weight is 482 g/mol. The van der Waals surface area contributed by atoms with Gasteiger partial charge in [0.1, 0.15) is 0 Å². The highest BCUT2D eigenvalue weighted by molar-refractivity contribution is 6.01. The molecular formula is C26H26F3N5O. The molecule has 2 aromatic heterocycles. The fraction of sp³-hybridized carbons (Fsp3) is 0.385. The van der Waals surface area contributed by atoms with Crippen LogP contribution in [0.4, 0.5) is 24.7 Å². The molecule has 0 bridgehead atoms. The number of benzene rings is 2. The first-order valence-corrected chi connectivity index (χ1v) is 11.8. The van der Waals surface area contributed by atoms with E-state index in [4.69, 9.17) is 9.84 Å². The Morgan fingerprint density at radius 2 is 1.86 bits per heavy atom. The normalized spacial score (nSPS) is 21.1. The number of alkyl halides is 3. The molecule has 0 unspecified atom stereocenters. The summed E-state index contributed by atoms with van der Waals surface area (Å²) in [6.07, 6.45) is -0.925. The van der Waals surface area contributed by atoms with Gasteiger partial charge in [0.05, 0.1) is 24.8 Å². The van der Waals surface area contributed by atoms with Gasteiger partial charge in [-0.1, -0.05) is 12.1 Å². The van der Waals surface area contributed by atoms with Gasteiger partial charge < -0.3 is 15.0 Å². The van der Waals surface area contributed by atoms with Crippen LogP contribution in [0.5, 0.6) is 0 Å². The first kappa shape index (κ1) is 22.2. The van der Waals surface area contributed by atoms with Crippen molar-refractivity contribution in [2.45, 2.75) is 26.1 Å². The molecule has 0 saturated carbocycles. The zero-order chi connectivity index (χ0) is 24.3. The van der Waals surface area contributed by atoms with Gasteiger partial charge in [-0.3, -0.25) is 0 Å². The molecule has 0 radical (unpaired) electrons. The second-order valence-corrected chi connectivity index (χ2v) is 9.62. The van der Waals surface area contributed by atoms with E-state index in [1.807, 2.05) is 6.92 Å². The summed E-state index contributed by atoms with van der Waals surface area (Å²) >= 11 is 0. The van der Waals surface area contributed by atoms with E-state index >= 15 is 0 Å². The lowest BCUT2D eigenvalue weighted by atomic mass is 9.97. The minimum atomic E-state index is -4.39. The summed E-state index contributed by atoms with van der Waals surface area (Å²) in [7, 11) is 0. The summed E-state index contributed by atoms with van der Waals surface area (Å²) in [4.78, 5) is 6.86. The maximum atomic E-state index is 13.5. The van der Waals surface area contributed by atoms with Crippen LogP contribution in [-0.2, 0) is 10.9 Å². The molecule has 2 aromatic carbocycles. The van der Waals surface area contributed by atoms with E-state index in [1.165, 1.54) is 13.0 Å². The van der Waals surface area contributed by atoms with Gasteiger partial charge in [-0.2, -0.15) is 13.2 Å². The summed E-state index contributed by atoms with van der Waals surface area (Å²) in [5.74, 6) is 1.72. The summed E-state index contributed by atoms with van der Waals surface area (Å²) < 4.78 is 47.8. The zero-order valence-corrected chi connectivity index (χ0v) is 19.5. The number of fused-ring (bicyclic) bond motifs is 4. The Hall–Kier alpha value is -3.33. The van der Waals surface area contributed by atoms with E-state index in [-0.39, 0.29) is 11.6 Å². The van der Waals surface area contributed by atoms with Crippen molar-refractivity contribution in [1.82, 2.24) is 14.6 Å². The highest BCUT2D eigenvalue weighted by Gasteiger charge is 2.37. The number of imidazole rings is 1. The van der Waals surface area contributed by atoms with Crippen LogP contribution in [0.25, 0.3) is 16.4 Å². The molecule has 9 heteroatoms. The molecule has 2 fully saturated rings. The van der Waals surface area contributed by atoms with Gasteiger partial charge in [0.25, 0.3) is 0 Å². The van der Waals surface area contributed by atoms with Gasteiger partial charge in [0, 0.05) is 53.8 Å². The van der Waals surface area contributed by atoms with Gasteiger partial charge in [0.15, 0.2) is 11.5 Å². The first-order valence-electron chi connectivity index (χ1n) is 11.8. The van der Waals surface area contributed by atoms with Crippen molar-refractivity contribution in [3.63, 3.8) is 0 Å². The highest BCUT2D eigenvalue weighted by Crippen LogP contribution is 2.38. The number of nitrogens with one attached hydrogen (secondary N) is 1. The predicted octanol–water partition coefficient (Wildman–Crippen LogP) is 5.47. The van der Waals surface area contributed by atoms with Gasteiger partial charge in [0.2, 0.25) is 0 Å². The van der Waals surface area contributed by atoms with Crippen LogP contribution in [0, 0.1) is 18.8 Å². The third-order valence-corrected chi connectivity index (χ3v) is 7.43. The summed E-state index contributed by atoms with van der Waals surface area (Å²) in [6, 6.07) is 10.2. The number of rotatable bonds is 4. The number of anilines is 2. The van der Waals surface area contributed by atoms with E-state index in [0.29, 0.717) is 23.2 Å². The van der Waals surface area contributed by atoms with Crippen molar-refractivity contribution in [2.24, 2.45) is 11.8 Å². The smallest absolute Gasteiger partial charge is 0.381 e. The molecule has 2 saturated heterocycles. The molecule has 2 aliphatic rings. The summed E-state index contributed by atoms with van der Waals surface area (Å²) in [5, 5.41) is 9.96. The Kier molecular flexibility index (Phi) is 5.14. The minimum Gasteiger partial charge on any atom is -0.381 e. The topological polar surface area (TPSA) is 54.7 Å². The third kappa shape index (κ3) is 3.78. The van der Waals surface area contributed by atoms with Crippen molar-refractivity contribution in [3.05, 3.63) is 65.5 Å². The van der Waals surface area contributed by atoms with Crippen LogP contribution in [-0.4, -0.2) is 40.9 Å². The fourth-order valence-electron chi connectivity index (χ4n) is 5.57. The van der Waals surface area contributed by atoms with Gasteiger partial charge in [-0.25, -0.2) is 9.50 Å². The standard InChI is InChI=1S/C26H26F3N5O/c1-15-20(4-3-5-23(15)26(27,28)29)16(2)31-24-22-10-19(33-11-17-13-35-14-18(17)12-33)6-7-21(22)25-30-8-9-34(25)32-24/h3-10,16-18H,11-14H2,1-2H3,(H,31,32)/t16-,17-,18+/m1/s1. The van der Waals surface area contributed by atoms with Crippen LogP contribution in [0.2, 0.25) is 0 Å². The quantitative estimate of drug-likeness (QED) is 0.419. The monoisotopic (exact) mass is 481 g/mol. The maximum Gasteiger partial charge on any atom is 0.416 e. The molecule has 182 valence electrons. The van der Waals surface area contributed by atoms with E-state index in [1.54, 1.807) is 23.0 Å². The lowest BCUT2D eigenvalue weighted by Gasteiger charge is -2.23. The van der Waals surface area contributed by atoms with Crippen LogP contribution >= 0.6 is 0 Å². The SMILES string of the molecule is Cc1c([C@@H](C)Nc2nn3ccnc3c3ccc(N4C[C@H]5COC[C@H]5C4)cc23)cccc1C(F)(F)F. The molecule has 3 atom stereocenters. The Morgan fingerprint density at radius 1 is 1.09 bits per heavy atom. The van der Waals surface area contributed by atoms with Gasteiger partial charge in [-0.15, -0.1) is 5.10 Å². The number of halogens is 3. The van der Waals surface area contributed by atoms with Gasteiger partial charge >= 0.3 is 6.18 Å². The first-order chi connectivity index (χ1) is 16.8. The van der Waals surface area contributed by atoms with E-state index in [2.05, 4.69) is 33.4 Å². The lowest BCUT2D eigenvalue weighted by Crippen LogP contribution is -2.22. The van der Waals surface area contributed by atoms with Crippen LogP contribution in [0.15, 0.2) is 48.8 Å². The number of aromatic nitrogens is 3.